The number of pyridine rings is 1. The SMILES string of the molecule is Cn1c(Oc2ccc(N3C=CCC3)cc2)nc2cccnc21. The third-order valence-electron chi connectivity index (χ3n) is 3.79. The van der Waals surface area contributed by atoms with Crippen molar-refractivity contribution in [1.29, 1.82) is 0 Å². The smallest absolute Gasteiger partial charge is 0.303 e. The molecular formula is C17H16N4O. The van der Waals surface area contributed by atoms with E-state index in [-0.39, 0.29) is 0 Å². The highest BCUT2D eigenvalue weighted by molar-refractivity contribution is 5.71. The second-order valence-corrected chi connectivity index (χ2v) is 5.26. The number of imidazole rings is 1. The Hall–Kier alpha value is -2.82. The molecule has 110 valence electrons. The summed E-state index contributed by atoms with van der Waals surface area (Å²) in [5.74, 6) is 0.769. The number of aryl methyl sites for hydroxylation is 1. The van der Waals surface area contributed by atoms with Crippen molar-refractivity contribution < 1.29 is 4.74 Å². The van der Waals surface area contributed by atoms with E-state index in [2.05, 4.69) is 39.3 Å². The summed E-state index contributed by atoms with van der Waals surface area (Å²) >= 11 is 0. The molecule has 0 radical (unpaired) electrons. The van der Waals surface area contributed by atoms with Crippen LogP contribution in [0, 0.1) is 0 Å². The Morgan fingerprint density at radius 1 is 1.14 bits per heavy atom. The van der Waals surface area contributed by atoms with Crippen molar-refractivity contribution in [2.24, 2.45) is 7.05 Å². The van der Waals surface area contributed by atoms with Crippen molar-refractivity contribution in [2.45, 2.75) is 6.42 Å². The first-order valence-corrected chi connectivity index (χ1v) is 7.30. The van der Waals surface area contributed by atoms with Gasteiger partial charge in [0, 0.05) is 31.7 Å². The topological polar surface area (TPSA) is 43.2 Å². The molecule has 22 heavy (non-hydrogen) atoms. The van der Waals surface area contributed by atoms with E-state index in [4.69, 9.17) is 4.74 Å². The van der Waals surface area contributed by atoms with E-state index in [1.165, 1.54) is 5.69 Å². The number of benzene rings is 1. The van der Waals surface area contributed by atoms with Crippen molar-refractivity contribution in [3.8, 4) is 11.8 Å². The van der Waals surface area contributed by atoms with Crippen LogP contribution in [-0.2, 0) is 7.05 Å². The van der Waals surface area contributed by atoms with Gasteiger partial charge in [-0.3, -0.25) is 4.57 Å². The molecule has 0 bridgehead atoms. The summed E-state index contributed by atoms with van der Waals surface area (Å²) < 4.78 is 7.74. The first-order chi connectivity index (χ1) is 10.8. The summed E-state index contributed by atoms with van der Waals surface area (Å²) in [6, 6.07) is 12.4. The lowest BCUT2D eigenvalue weighted by atomic mass is 10.3. The quantitative estimate of drug-likeness (QED) is 0.741. The molecule has 0 saturated heterocycles. The second-order valence-electron chi connectivity index (χ2n) is 5.26. The van der Waals surface area contributed by atoms with Crippen LogP contribution in [0.4, 0.5) is 5.69 Å². The van der Waals surface area contributed by atoms with Crippen LogP contribution >= 0.6 is 0 Å². The van der Waals surface area contributed by atoms with Gasteiger partial charge in [-0.05, 0) is 42.8 Å². The molecule has 0 N–H and O–H groups in total. The van der Waals surface area contributed by atoms with Crippen molar-refractivity contribution in [3.05, 3.63) is 54.9 Å². The van der Waals surface area contributed by atoms with Gasteiger partial charge < -0.3 is 9.64 Å². The van der Waals surface area contributed by atoms with Gasteiger partial charge in [-0.15, -0.1) is 0 Å². The van der Waals surface area contributed by atoms with Crippen molar-refractivity contribution in [1.82, 2.24) is 14.5 Å². The molecule has 1 aromatic carbocycles. The molecular weight excluding hydrogens is 276 g/mol. The van der Waals surface area contributed by atoms with Crippen LogP contribution in [0.5, 0.6) is 11.8 Å². The minimum absolute atomic E-state index is 0.544. The third kappa shape index (κ3) is 2.20. The van der Waals surface area contributed by atoms with Gasteiger partial charge in [0.05, 0.1) is 0 Å². The van der Waals surface area contributed by atoms with Crippen LogP contribution in [0.1, 0.15) is 6.42 Å². The second kappa shape index (κ2) is 5.18. The molecule has 0 fully saturated rings. The van der Waals surface area contributed by atoms with E-state index in [1.807, 2.05) is 35.9 Å². The maximum atomic E-state index is 5.89. The number of ether oxygens (including phenoxy) is 1. The summed E-state index contributed by atoms with van der Waals surface area (Å²) in [6.07, 6.45) is 7.15. The monoisotopic (exact) mass is 292 g/mol. The van der Waals surface area contributed by atoms with E-state index in [1.54, 1.807) is 6.20 Å². The molecule has 1 aliphatic rings. The highest BCUT2D eigenvalue weighted by atomic mass is 16.5. The number of anilines is 1. The Morgan fingerprint density at radius 2 is 2.00 bits per heavy atom. The molecule has 0 atom stereocenters. The molecule has 3 heterocycles. The average Bonchev–Trinajstić information content (AvgIpc) is 3.18. The normalized spacial score (nSPS) is 14.0. The molecule has 0 saturated carbocycles. The van der Waals surface area contributed by atoms with Crippen LogP contribution in [0.15, 0.2) is 54.9 Å². The molecule has 2 aromatic heterocycles. The highest BCUT2D eigenvalue weighted by Crippen LogP contribution is 2.26. The first kappa shape index (κ1) is 12.9. The summed E-state index contributed by atoms with van der Waals surface area (Å²) in [7, 11) is 1.90. The number of fused-ring (bicyclic) bond motifs is 1. The van der Waals surface area contributed by atoms with E-state index in [9.17, 15) is 0 Å². The minimum atomic E-state index is 0.544. The van der Waals surface area contributed by atoms with Crippen molar-refractivity contribution >= 4 is 16.9 Å². The fourth-order valence-electron chi connectivity index (χ4n) is 2.61. The zero-order valence-electron chi connectivity index (χ0n) is 12.3. The van der Waals surface area contributed by atoms with Crippen LogP contribution in [0.3, 0.4) is 0 Å². The van der Waals surface area contributed by atoms with Gasteiger partial charge in [0.15, 0.2) is 5.65 Å². The molecule has 0 spiro atoms. The highest BCUT2D eigenvalue weighted by Gasteiger charge is 2.11. The molecule has 0 unspecified atom stereocenters. The van der Waals surface area contributed by atoms with Crippen LogP contribution in [0.25, 0.3) is 11.2 Å². The van der Waals surface area contributed by atoms with Gasteiger partial charge in [-0.1, -0.05) is 6.08 Å². The van der Waals surface area contributed by atoms with E-state index in [0.717, 1.165) is 29.9 Å². The maximum absolute atomic E-state index is 5.89. The molecule has 3 aromatic rings. The van der Waals surface area contributed by atoms with E-state index >= 15 is 0 Å². The standard InChI is InChI=1S/C17H16N4O/c1-20-16-15(5-4-10-18-16)19-17(20)22-14-8-6-13(7-9-14)21-11-2-3-12-21/h2,4-11H,3,12H2,1H3. The Bertz CT molecular complexity index is 835. The molecule has 4 rings (SSSR count). The van der Waals surface area contributed by atoms with Crippen molar-refractivity contribution in [3.63, 3.8) is 0 Å². The average molecular weight is 292 g/mol. The molecule has 0 amide bonds. The Labute approximate surface area is 128 Å². The van der Waals surface area contributed by atoms with Gasteiger partial charge in [0.1, 0.15) is 11.3 Å². The van der Waals surface area contributed by atoms with Crippen LogP contribution in [-0.4, -0.2) is 21.1 Å². The molecule has 0 aliphatic carbocycles. The zero-order chi connectivity index (χ0) is 14.9. The van der Waals surface area contributed by atoms with Crippen LogP contribution in [0.2, 0.25) is 0 Å². The number of hydrogen-bond donors (Lipinski definition) is 0. The third-order valence-corrected chi connectivity index (χ3v) is 3.79. The van der Waals surface area contributed by atoms with Gasteiger partial charge >= 0.3 is 6.01 Å². The first-order valence-electron chi connectivity index (χ1n) is 7.30. The molecule has 1 aliphatic heterocycles. The van der Waals surface area contributed by atoms with E-state index < -0.39 is 0 Å². The van der Waals surface area contributed by atoms with Gasteiger partial charge in [-0.2, -0.15) is 4.98 Å². The minimum Gasteiger partial charge on any atom is -0.425 e. The summed E-state index contributed by atoms with van der Waals surface area (Å²) in [6.45, 7) is 1.04. The van der Waals surface area contributed by atoms with E-state index in [0.29, 0.717) is 6.01 Å². The number of nitrogens with zero attached hydrogens (tertiary/aromatic N) is 4. The van der Waals surface area contributed by atoms with Crippen molar-refractivity contribution in [2.75, 3.05) is 11.4 Å². The Kier molecular flexibility index (Phi) is 3.04. The summed E-state index contributed by atoms with van der Waals surface area (Å²) in [5, 5.41) is 0. The lowest BCUT2D eigenvalue weighted by molar-refractivity contribution is 0.427. The molecule has 5 heteroatoms. The number of rotatable bonds is 3. The predicted octanol–water partition coefficient (Wildman–Crippen LogP) is 3.48. The van der Waals surface area contributed by atoms with Gasteiger partial charge in [-0.25, -0.2) is 4.98 Å². The fourth-order valence-corrected chi connectivity index (χ4v) is 2.61. The van der Waals surface area contributed by atoms with Gasteiger partial charge in [0.2, 0.25) is 0 Å². The Balaban J connectivity index is 1.59. The molecule has 5 nitrogen and oxygen atoms in total. The zero-order valence-corrected chi connectivity index (χ0v) is 12.3. The van der Waals surface area contributed by atoms with Gasteiger partial charge in [0.25, 0.3) is 0 Å². The largest absolute Gasteiger partial charge is 0.425 e. The summed E-state index contributed by atoms with van der Waals surface area (Å²) in [4.78, 5) is 11.0. The fraction of sp³-hybridized carbons (Fsp3) is 0.176. The number of aromatic nitrogens is 3. The lowest BCUT2D eigenvalue weighted by Gasteiger charge is -2.15. The lowest BCUT2D eigenvalue weighted by Crippen LogP contribution is -2.11. The maximum Gasteiger partial charge on any atom is 0.303 e. The Morgan fingerprint density at radius 3 is 2.73 bits per heavy atom. The van der Waals surface area contributed by atoms with Crippen LogP contribution < -0.4 is 9.64 Å². The summed E-state index contributed by atoms with van der Waals surface area (Å²) in [5.41, 5.74) is 2.82. The number of hydrogen-bond acceptors (Lipinski definition) is 4. The predicted molar refractivity (Wildman–Crippen MR) is 86.1 cm³/mol.